The van der Waals surface area contributed by atoms with Crippen LogP contribution in [0.15, 0.2) is 60.7 Å². The Labute approximate surface area is 169 Å². The lowest BCUT2D eigenvalue weighted by atomic mass is 10.1. The third kappa shape index (κ3) is 4.16. The van der Waals surface area contributed by atoms with Gasteiger partial charge in [0, 0.05) is 23.9 Å². The highest BCUT2D eigenvalue weighted by Gasteiger charge is 2.19. The predicted molar refractivity (Wildman–Crippen MR) is 112 cm³/mol. The van der Waals surface area contributed by atoms with E-state index in [1.807, 2.05) is 43.3 Å². The fraction of sp³-hybridized carbons (Fsp3) is 0.217. The summed E-state index contributed by atoms with van der Waals surface area (Å²) >= 11 is 0. The average Bonchev–Trinajstić information content (AvgIpc) is 2.76. The monoisotopic (exact) mass is 390 g/mol. The number of carbonyl (C=O) groups excluding carboxylic acids is 2. The number of amides is 2. The Bertz CT molecular complexity index is 1060. The molecule has 0 unspecified atom stereocenters. The van der Waals surface area contributed by atoms with Crippen LogP contribution in [-0.2, 0) is 4.79 Å². The predicted octanol–water partition coefficient (Wildman–Crippen LogP) is 3.71. The molecule has 29 heavy (non-hydrogen) atoms. The first kappa shape index (κ1) is 18.8. The molecule has 4 rings (SSSR count). The van der Waals surface area contributed by atoms with Crippen LogP contribution in [0, 0.1) is 0 Å². The third-order valence-electron chi connectivity index (χ3n) is 4.83. The van der Waals surface area contributed by atoms with Crippen molar-refractivity contribution in [1.29, 1.82) is 0 Å². The van der Waals surface area contributed by atoms with Crippen molar-refractivity contribution in [3.8, 4) is 11.5 Å². The van der Waals surface area contributed by atoms with Gasteiger partial charge in [-0.05, 0) is 42.0 Å². The van der Waals surface area contributed by atoms with E-state index < -0.39 is 0 Å². The van der Waals surface area contributed by atoms with Gasteiger partial charge in [-0.25, -0.2) is 0 Å². The summed E-state index contributed by atoms with van der Waals surface area (Å²) in [5.74, 6) is 0.831. The summed E-state index contributed by atoms with van der Waals surface area (Å²) in [6, 6.07) is 18.7. The first-order chi connectivity index (χ1) is 14.1. The molecule has 0 aromatic heterocycles. The Morgan fingerprint density at radius 3 is 2.48 bits per heavy atom. The van der Waals surface area contributed by atoms with Crippen LogP contribution in [0.1, 0.15) is 17.3 Å². The summed E-state index contributed by atoms with van der Waals surface area (Å²) in [6.45, 7) is 3.25. The fourth-order valence-electron chi connectivity index (χ4n) is 3.33. The molecule has 0 saturated heterocycles. The molecule has 2 amide bonds. The van der Waals surface area contributed by atoms with E-state index in [9.17, 15) is 9.59 Å². The zero-order chi connectivity index (χ0) is 20.2. The summed E-state index contributed by atoms with van der Waals surface area (Å²) in [6.07, 6.45) is 0. The number of anilines is 1. The quantitative estimate of drug-likeness (QED) is 0.721. The Morgan fingerprint density at radius 1 is 0.931 bits per heavy atom. The molecule has 0 saturated carbocycles. The summed E-state index contributed by atoms with van der Waals surface area (Å²) in [5, 5.41) is 4.89. The summed E-state index contributed by atoms with van der Waals surface area (Å²) in [7, 11) is 0. The van der Waals surface area contributed by atoms with Crippen molar-refractivity contribution in [2.75, 3.05) is 31.6 Å². The van der Waals surface area contributed by atoms with E-state index in [0.717, 1.165) is 10.8 Å². The van der Waals surface area contributed by atoms with Crippen LogP contribution in [0.3, 0.4) is 0 Å². The maximum atomic E-state index is 12.9. The Kier molecular flexibility index (Phi) is 5.33. The first-order valence-electron chi connectivity index (χ1n) is 9.61. The van der Waals surface area contributed by atoms with E-state index in [2.05, 4.69) is 5.32 Å². The maximum Gasteiger partial charge on any atom is 0.254 e. The van der Waals surface area contributed by atoms with Crippen molar-refractivity contribution in [2.24, 2.45) is 0 Å². The Hall–Kier alpha value is -3.54. The summed E-state index contributed by atoms with van der Waals surface area (Å²) < 4.78 is 11.0. The molecule has 3 aromatic rings. The number of hydrogen-bond donors (Lipinski definition) is 1. The lowest BCUT2D eigenvalue weighted by Crippen LogP contribution is -2.37. The molecule has 3 aromatic carbocycles. The van der Waals surface area contributed by atoms with Gasteiger partial charge in [-0.3, -0.25) is 9.59 Å². The number of fused-ring (bicyclic) bond motifs is 2. The molecular formula is C23H22N2O4. The maximum absolute atomic E-state index is 12.9. The van der Waals surface area contributed by atoms with Gasteiger partial charge >= 0.3 is 0 Å². The van der Waals surface area contributed by atoms with Crippen LogP contribution in [-0.4, -0.2) is 43.0 Å². The van der Waals surface area contributed by atoms with Crippen molar-refractivity contribution in [2.45, 2.75) is 6.92 Å². The van der Waals surface area contributed by atoms with Crippen LogP contribution in [0.4, 0.5) is 5.69 Å². The molecule has 1 N–H and O–H groups in total. The topological polar surface area (TPSA) is 67.9 Å². The Morgan fingerprint density at radius 2 is 1.69 bits per heavy atom. The first-order valence-corrected chi connectivity index (χ1v) is 9.61. The molecular weight excluding hydrogens is 368 g/mol. The van der Waals surface area contributed by atoms with Gasteiger partial charge in [-0.1, -0.05) is 30.3 Å². The molecule has 6 nitrogen and oxygen atoms in total. The number of carbonyl (C=O) groups is 2. The van der Waals surface area contributed by atoms with E-state index in [1.54, 1.807) is 24.3 Å². The van der Waals surface area contributed by atoms with Gasteiger partial charge in [0.05, 0.1) is 0 Å². The largest absolute Gasteiger partial charge is 0.486 e. The van der Waals surface area contributed by atoms with Crippen molar-refractivity contribution in [3.63, 3.8) is 0 Å². The normalized spacial score (nSPS) is 12.4. The van der Waals surface area contributed by atoms with Crippen molar-refractivity contribution in [1.82, 2.24) is 4.90 Å². The van der Waals surface area contributed by atoms with Gasteiger partial charge < -0.3 is 19.7 Å². The van der Waals surface area contributed by atoms with Crippen molar-refractivity contribution < 1.29 is 19.1 Å². The number of likely N-dealkylation sites (N-methyl/N-ethyl adjacent to an activating group) is 1. The number of ether oxygens (including phenoxy) is 2. The highest BCUT2D eigenvalue weighted by atomic mass is 16.6. The second kappa shape index (κ2) is 8.22. The molecule has 0 atom stereocenters. The molecule has 0 radical (unpaired) electrons. The second-order valence-electron chi connectivity index (χ2n) is 6.79. The van der Waals surface area contributed by atoms with Crippen LogP contribution in [0.2, 0.25) is 0 Å². The number of nitrogens with zero attached hydrogens (tertiary/aromatic N) is 1. The van der Waals surface area contributed by atoms with Gasteiger partial charge in [0.1, 0.15) is 19.8 Å². The zero-order valence-electron chi connectivity index (χ0n) is 16.2. The zero-order valence-corrected chi connectivity index (χ0v) is 16.2. The van der Waals surface area contributed by atoms with Crippen LogP contribution >= 0.6 is 0 Å². The third-order valence-corrected chi connectivity index (χ3v) is 4.83. The summed E-state index contributed by atoms with van der Waals surface area (Å²) in [4.78, 5) is 27.0. The summed E-state index contributed by atoms with van der Waals surface area (Å²) in [5.41, 5.74) is 1.17. The van der Waals surface area contributed by atoms with E-state index >= 15 is 0 Å². The fourth-order valence-corrected chi connectivity index (χ4v) is 3.33. The molecule has 1 aliphatic rings. The van der Waals surface area contributed by atoms with Gasteiger partial charge in [0.2, 0.25) is 5.91 Å². The molecule has 1 aliphatic heterocycles. The lowest BCUT2D eigenvalue weighted by molar-refractivity contribution is -0.116. The smallest absolute Gasteiger partial charge is 0.254 e. The number of benzene rings is 3. The van der Waals surface area contributed by atoms with Crippen molar-refractivity contribution in [3.05, 3.63) is 66.2 Å². The highest BCUT2D eigenvalue weighted by molar-refractivity contribution is 6.01. The van der Waals surface area contributed by atoms with Gasteiger partial charge in [0.15, 0.2) is 11.5 Å². The SMILES string of the molecule is CCN(CC(=O)Nc1ccc2c(c1)OCCO2)C(=O)c1ccc2ccccc2c1. The van der Waals surface area contributed by atoms with Crippen LogP contribution in [0.5, 0.6) is 11.5 Å². The minimum absolute atomic E-state index is 0.0311. The molecule has 1 heterocycles. The molecule has 0 fully saturated rings. The van der Waals surface area contributed by atoms with E-state index in [4.69, 9.17) is 9.47 Å². The van der Waals surface area contributed by atoms with Gasteiger partial charge in [-0.2, -0.15) is 0 Å². The van der Waals surface area contributed by atoms with Gasteiger partial charge in [-0.15, -0.1) is 0 Å². The number of nitrogens with one attached hydrogen (secondary N) is 1. The Balaban J connectivity index is 1.44. The second-order valence-corrected chi connectivity index (χ2v) is 6.79. The minimum atomic E-state index is -0.266. The van der Waals surface area contributed by atoms with Gasteiger partial charge in [0.25, 0.3) is 5.91 Å². The lowest BCUT2D eigenvalue weighted by Gasteiger charge is -2.21. The average molecular weight is 390 g/mol. The van der Waals surface area contributed by atoms with E-state index in [-0.39, 0.29) is 18.4 Å². The van der Waals surface area contributed by atoms with Crippen LogP contribution in [0.25, 0.3) is 10.8 Å². The number of hydrogen-bond acceptors (Lipinski definition) is 4. The molecule has 0 aliphatic carbocycles. The van der Waals surface area contributed by atoms with Crippen LogP contribution < -0.4 is 14.8 Å². The number of rotatable bonds is 5. The van der Waals surface area contributed by atoms with Crippen molar-refractivity contribution >= 4 is 28.3 Å². The van der Waals surface area contributed by atoms with E-state index in [0.29, 0.717) is 42.5 Å². The van der Waals surface area contributed by atoms with E-state index in [1.165, 1.54) is 4.90 Å². The molecule has 0 spiro atoms. The minimum Gasteiger partial charge on any atom is -0.486 e. The molecule has 0 bridgehead atoms. The highest BCUT2D eigenvalue weighted by Crippen LogP contribution is 2.32. The standard InChI is InChI=1S/C23H22N2O4/c1-2-25(23(27)18-8-7-16-5-3-4-6-17(16)13-18)15-22(26)24-19-9-10-20-21(14-19)29-12-11-28-20/h3-10,13-14H,2,11-12,15H2,1H3,(H,24,26). The molecule has 148 valence electrons. The molecule has 6 heteroatoms.